The Bertz CT molecular complexity index is 235. The Balaban J connectivity index is 2.96. The molecule has 0 aromatic carbocycles. The molecule has 0 atom stereocenters. The molecule has 10 heavy (non-hydrogen) atoms. The predicted octanol–water partition coefficient (Wildman–Crippen LogP) is 1.46. The Hall–Kier alpha value is -1.09. The Labute approximate surface area is 63.0 Å². The second-order valence-electron chi connectivity index (χ2n) is 1.63. The van der Waals surface area contributed by atoms with E-state index in [1.54, 1.807) is 24.5 Å². The highest BCUT2D eigenvalue weighted by Gasteiger charge is 1.96. The Morgan fingerprint density at radius 1 is 1.50 bits per heavy atom. The van der Waals surface area contributed by atoms with Gasteiger partial charge in [-0.3, -0.25) is 4.98 Å². The van der Waals surface area contributed by atoms with Gasteiger partial charge in [-0.2, -0.15) is 0 Å². The van der Waals surface area contributed by atoms with Gasteiger partial charge in [-0.25, -0.2) is 0 Å². The fraction of sp³-hybridized carbons (Fsp3) is 0. The first-order chi connectivity index (χ1) is 4.84. The van der Waals surface area contributed by atoms with Crippen LogP contribution >= 0.6 is 11.6 Å². The largest absolute Gasteiger partial charge is 0.410 e. The maximum atomic E-state index is 8.22. The molecule has 0 saturated heterocycles. The van der Waals surface area contributed by atoms with Crippen LogP contribution in [0.4, 0.5) is 0 Å². The third-order valence-corrected chi connectivity index (χ3v) is 1.30. The smallest absolute Gasteiger partial charge is 0.175 e. The van der Waals surface area contributed by atoms with Crippen LogP contribution in [-0.4, -0.2) is 15.4 Å². The van der Waals surface area contributed by atoms with E-state index in [4.69, 9.17) is 16.8 Å². The summed E-state index contributed by atoms with van der Waals surface area (Å²) in [7, 11) is 0. The van der Waals surface area contributed by atoms with E-state index in [0.717, 1.165) is 0 Å². The summed E-state index contributed by atoms with van der Waals surface area (Å²) in [5.74, 6) is 0. The van der Waals surface area contributed by atoms with Gasteiger partial charge in [0.15, 0.2) is 5.17 Å². The molecule has 0 fully saturated rings. The van der Waals surface area contributed by atoms with Gasteiger partial charge in [0.1, 0.15) is 0 Å². The number of nitrogens with zero attached hydrogens (tertiary/aromatic N) is 2. The van der Waals surface area contributed by atoms with Crippen molar-refractivity contribution in [2.75, 3.05) is 0 Å². The minimum Gasteiger partial charge on any atom is -0.410 e. The van der Waals surface area contributed by atoms with Gasteiger partial charge in [0.2, 0.25) is 0 Å². The quantitative estimate of drug-likeness (QED) is 0.380. The first kappa shape index (κ1) is 7.02. The molecule has 3 nitrogen and oxygen atoms in total. The van der Waals surface area contributed by atoms with Gasteiger partial charge in [-0.1, -0.05) is 16.8 Å². The van der Waals surface area contributed by atoms with Crippen LogP contribution in [0.1, 0.15) is 5.56 Å². The van der Waals surface area contributed by atoms with Crippen LogP contribution in [0.3, 0.4) is 0 Å². The predicted molar refractivity (Wildman–Crippen MR) is 38.4 cm³/mol. The van der Waals surface area contributed by atoms with Crippen LogP contribution in [0, 0.1) is 0 Å². The molecule has 1 aromatic rings. The maximum absolute atomic E-state index is 8.22. The van der Waals surface area contributed by atoms with Gasteiger partial charge in [0, 0.05) is 18.0 Å². The van der Waals surface area contributed by atoms with Crippen molar-refractivity contribution < 1.29 is 5.21 Å². The molecule has 1 rings (SSSR count). The van der Waals surface area contributed by atoms with Crippen molar-refractivity contribution in [3.63, 3.8) is 0 Å². The molecule has 0 amide bonds. The second kappa shape index (κ2) is 3.17. The summed E-state index contributed by atoms with van der Waals surface area (Å²) in [6, 6.07) is 3.31. The van der Waals surface area contributed by atoms with Gasteiger partial charge in [0.25, 0.3) is 0 Å². The zero-order chi connectivity index (χ0) is 7.40. The number of hydrogen-bond donors (Lipinski definition) is 1. The van der Waals surface area contributed by atoms with Crippen molar-refractivity contribution in [2.24, 2.45) is 5.16 Å². The van der Waals surface area contributed by atoms with Crippen molar-refractivity contribution in [1.29, 1.82) is 0 Å². The molecule has 0 spiro atoms. The Morgan fingerprint density at radius 2 is 2.10 bits per heavy atom. The topological polar surface area (TPSA) is 45.5 Å². The summed E-state index contributed by atoms with van der Waals surface area (Å²) in [4.78, 5) is 3.77. The Morgan fingerprint density at radius 3 is 2.60 bits per heavy atom. The van der Waals surface area contributed by atoms with E-state index in [-0.39, 0.29) is 5.17 Å². The molecule has 0 saturated carbocycles. The van der Waals surface area contributed by atoms with Gasteiger partial charge in [-0.05, 0) is 12.1 Å². The van der Waals surface area contributed by atoms with E-state index in [1.807, 2.05) is 0 Å². The first-order valence-electron chi connectivity index (χ1n) is 2.62. The van der Waals surface area contributed by atoms with Crippen LogP contribution in [-0.2, 0) is 0 Å². The normalized spacial score (nSPS) is 11.5. The lowest BCUT2D eigenvalue weighted by Gasteiger charge is -1.91. The summed E-state index contributed by atoms with van der Waals surface area (Å²) in [6.45, 7) is 0. The summed E-state index contributed by atoms with van der Waals surface area (Å²) in [5.41, 5.74) is 0.652. The molecule has 1 heterocycles. The van der Waals surface area contributed by atoms with Crippen LogP contribution in [0.5, 0.6) is 0 Å². The van der Waals surface area contributed by atoms with E-state index in [1.165, 1.54) is 0 Å². The lowest BCUT2D eigenvalue weighted by atomic mass is 10.3. The maximum Gasteiger partial charge on any atom is 0.175 e. The van der Waals surface area contributed by atoms with Gasteiger partial charge < -0.3 is 5.21 Å². The third-order valence-electron chi connectivity index (χ3n) is 1.01. The minimum atomic E-state index is 0.0717. The van der Waals surface area contributed by atoms with Gasteiger partial charge in [-0.15, -0.1) is 0 Å². The zero-order valence-electron chi connectivity index (χ0n) is 5.03. The highest BCUT2D eigenvalue weighted by molar-refractivity contribution is 6.69. The average Bonchev–Trinajstić information content (AvgIpc) is 2.05. The third kappa shape index (κ3) is 1.45. The van der Waals surface area contributed by atoms with E-state index >= 15 is 0 Å². The molecule has 0 aliphatic carbocycles. The number of pyridine rings is 1. The van der Waals surface area contributed by atoms with Gasteiger partial charge in [0.05, 0.1) is 0 Å². The standard InChI is InChI=1S/C6H5ClN2O/c7-6(9-10)5-1-3-8-4-2-5/h1-4,10H. The number of halogens is 1. The molecule has 52 valence electrons. The molecule has 0 bridgehead atoms. The van der Waals surface area contributed by atoms with Crippen LogP contribution < -0.4 is 0 Å². The molecule has 1 aromatic heterocycles. The number of aromatic nitrogens is 1. The average molecular weight is 157 g/mol. The SMILES string of the molecule is ON=C(Cl)c1ccncc1. The molecule has 0 radical (unpaired) electrons. The van der Waals surface area contributed by atoms with Crippen LogP contribution in [0.25, 0.3) is 0 Å². The number of hydrogen-bond acceptors (Lipinski definition) is 3. The fourth-order valence-corrected chi connectivity index (χ4v) is 0.673. The first-order valence-corrected chi connectivity index (χ1v) is 3.00. The molecule has 1 N–H and O–H groups in total. The minimum absolute atomic E-state index is 0.0717. The van der Waals surface area contributed by atoms with E-state index < -0.39 is 0 Å². The highest BCUT2D eigenvalue weighted by atomic mass is 35.5. The molecule has 0 aliphatic heterocycles. The van der Waals surface area contributed by atoms with Crippen molar-refractivity contribution in [3.05, 3.63) is 30.1 Å². The molecule has 4 heteroatoms. The molecular formula is C6H5ClN2O. The van der Waals surface area contributed by atoms with E-state index in [9.17, 15) is 0 Å². The van der Waals surface area contributed by atoms with E-state index in [2.05, 4.69) is 10.1 Å². The summed E-state index contributed by atoms with van der Waals surface area (Å²) < 4.78 is 0. The monoisotopic (exact) mass is 156 g/mol. The molecule has 0 unspecified atom stereocenters. The van der Waals surface area contributed by atoms with Crippen LogP contribution in [0.15, 0.2) is 29.7 Å². The molecule has 0 aliphatic rings. The lowest BCUT2D eigenvalue weighted by Crippen LogP contribution is -1.89. The van der Waals surface area contributed by atoms with Gasteiger partial charge >= 0.3 is 0 Å². The Kier molecular flexibility index (Phi) is 2.23. The number of oxime groups is 1. The second-order valence-corrected chi connectivity index (χ2v) is 1.98. The van der Waals surface area contributed by atoms with Crippen molar-refractivity contribution in [1.82, 2.24) is 4.98 Å². The zero-order valence-corrected chi connectivity index (χ0v) is 5.78. The van der Waals surface area contributed by atoms with Crippen molar-refractivity contribution in [3.8, 4) is 0 Å². The number of rotatable bonds is 1. The van der Waals surface area contributed by atoms with Crippen molar-refractivity contribution >= 4 is 16.8 Å². The summed E-state index contributed by atoms with van der Waals surface area (Å²) in [5, 5.41) is 11.1. The highest BCUT2D eigenvalue weighted by Crippen LogP contribution is 2.01. The van der Waals surface area contributed by atoms with E-state index in [0.29, 0.717) is 5.56 Å². The molecular weight excluding hydrogens is 152 g/mol. The lowest BCUT2D eigenvalue weighted by molar-refractivity contribution is 0.321. The summed E-state index contributed by atoms with van der Waals surface area (Å²) in [6.07, 6.45) is 3.14. The van der Waals surface area contributed by atoms with Crippen molar-refractivity contribution in [2.45, 2.75) is 0 Å². The summed E-state index contributed by atoms with van der Waals surface area (Å²) >= 11 is 5.46. The van der Waals surface area contributed by atoms with Crippen LogP contribution in [0.2, 0.25) is 0 Å². The fourth-order valence-electron chi connectivity index (χ4n) is 0.547.